The lowest BCUT2D eigenvalue weighted by molar-refractivity contribution is -0.170. The van der Waals surface area contributed by atoms with Gasteiger partial charge in [0.15, 0.2) is 5.60 Å². The van der Waals surface area contributed by atoms with Crippen molar-refractivity contribution >= 4 is 11.9 Å². The van der Waals surface area contributed by atoms with E-state index in [0.29, 0.717) is 12.2 Å². The minimum absolute atomic E-state index is 0.00829. The third kappa shape index (κ3) is 1.06. The number of carbonyl (C=O) groups excluding carboxylic acids is 1. The second-order valence-electron chi connectivity index (χ2n) is 6.33. The first-order chi connectivity index (χ1) is 9.44. The van der Waals surface area contributed by atoms with Gasteiger partial charge < -0.3 is 14.6 Å². The summed E-state index contributed by atoms with van der Waals surface area (Å²) >= 11 is 0. The number of carboxylic acid groups (broad SMARTS) is 1. The first-order valence-electron chi connectivity index (χ1n) is 6.89. The van der Waals surface area contributed by atoms with Crippen LogP contribution in [0.2, 0.25) is 0 Å². The minimum atomic E-state index is -0.958. The molecule has 0 saturated carbocycles. The van der Waals surface area contributed by atoms with Crippen LogP contribution in [0.4, 0.5) is 0 Å². The van der Waals surface area contributed by atoms with Crippen LogP contribution in [0.5, 0.6) is 0 Å². The zero-order valence-corrected chi connectivity index (χ0v) is 11.4. The van der Waals surface area contributed by atoms with Crippen molar-refractivity contribution < 1.29 is 24.2 Å². The average molecular weight is 276 g/mol. The van der Waals surface area contributed by atoms with Gasteiger partial charge in [-0.3, -0.25) is 0 Å². The summed E-state index contributed by atoms with van der Waals surface area (Å²) < 4.78 is 10.8. The molecule has 1 N–H and O–H groups in total. The van der Waals surface area contributed by atoms with Crippen LogP contribution in [-0.2, 0) is 19.1 Å². The lowest BCUT2D eigenvalue weighted by Crippen LogP contribution is -2.56. The van der Waals surface area contributed by atoms with Crippen molar-refractivity contribution in [3.05, 3.63) is 23.3 Å². The number of carbonyl (C=O) groups is 2. The maximum atomic E-state index is 12.2. The molecule has 0 aromatic rings. The molecule has 0 aromatic heterocycles. The lowest BCUT2D eigenvalue weighted by atomic mass is 9.61. The van der Waals surface area contributed by atoms with E-state index in [2.05, 4.69) is 13.0 Å². The highest BCUT2D eigenvalue weighted by Gasteiger charge is 2.78. The first kappa shape index (κ1) is 12.1. The predicted molar refractivity (Wildman–Crippen MR) is 67.7 cm³/mol. The summed E-state index contributed by atoms with van der Waals surface area (Å²) in [5.41, 5.74) is 0.0538. The highest BCUT2D eigenvalue weighted by molar-refractivity contribution is 5.92. The standard InChI is InChI=1S/C15H16O5/c1-7-4-14-10(8(7)2)3-9(12(16)17)11(14)5-19-13(18)15(14)6-20-15/h3-4,8,10-11H,5-6H2,1-2H3,(H,16,17)/t8-,10+,11+,14-,15+/m0/s1. The van der Waals surface area contributed by atoms with Crippen molar-refractivity contribution in [3.63, 3.8) is 0 Å². The van der Waals surface area contributed by atoms with Crippen LogP contribution in [0.25, 0.3) is 0 Å². The average Bonchev–Trinajstić information content (AvgIpc) is 3.07. The number of ether oxygens (including phenoxy) is 2. The number of aliphatic carboxylic acids is 1. The normalized spacial score (nSPS) is 48.3. The summed E-state index contributed by atoms with van der Waals surface area (Å²) in [6.07, 6.45) is 3.92. The fourth-order valence-corrected chi connectivity index (χ4v) is 4.49. The molecule has 2 aliphatic carbocycles. The summed E-state index contributed by atoms with van der Waals surface area (Å²) in [6, 6.07) is 0. The fraction of sp³-hybridized carbons (Fsp3) is 0.600. The Labute approximate surface area is 116 Å². The predicted octanol–water partition coefficient (Wildman–Crippen LogP) is 1.15. The number of carboxylic acids is 1. The van der Waals surface area contributed by atoms with Crippen LogP contribution in [0.1, 0.15) is 13.8 Å². The Morgan fingerprint density at radius 3 is 2.80 bits per heavy atom. The van der Waals surface area contributed by atoms with Gasteiger partial charge in [0.25, 0.3) is 0 Å². The van der Waals surface area contributed by atoms with Crippen molar-refractivity contribution in [2.75, 3.05) is 13.2 Å². The Morgan fingerprint density at radius 2 is 2.20 bits per heavy atom. The molecule has 2 fully saturated rings. The molecule has 5 nitrogen and oxygen atoms in total. The summed E-state index contributed by atoms with van der Waals surface area (Å²) in [7, 11) is 0. The van der Waals surface area contributed by atoms with Crippen LogP contribution in [-0.4, -0.2) is 35.9 Å². The molecule has 2 saturated heterocycles. The molecule has 2 heterocycles. The van der Waals surface area contributed by atoms with Crippen molar-refractivity contribution in [3.8, 4) is 0 Å². The van der Waals surface area contributed by atoms with Crippen LogP contribution < -0.4 is 0 Å². The van der Waals surface area contributed by atoms with E-state index in [9.17, 15) is 14.7 Å². The molecular formula is C15H16O5. The third-order valence-corrected chi connectivity index (χ3v) is 5.68. The monoisotopic (exact) mass is 276 g/mol. The largest absolute Gasteiger partial charge is 0.478 e. The molecule has 0 amide bonds. The number of hydrogen-bond acceptors (Lipinski definition) is 4. The highest BCUT2D eigenvalue weighted by atomic mass is 16.6. The molecule has 5 atom stereocenters. The van der Waals surface area contributed by atoms with Gasteiger partial charge in [-0.15, -0.1) is 0 Å². The zero-order valence-electron chi connectivity index (χ0n) is 11.4. The molecule has 106 valence electrons. The molecule has 0 unspecified atom stereocenters. The van der Waals surface area contributed by atoms with Crippen LogP contribution in [0.15, 0.2) is 23.3 Å². The highest BCUT2D eigenvalue weighted by Crippen LogP contribution is 2.68. The van der Waals surface area contributed by atoms with Gasteiger partial charge in [-0.05, 0) is 18.8 Å². The molecule has 4 rings (SSSR count). The molecule has 0 aromatic carbocycles. The Kier molecular flexibility index (Phi) is 2.03. The van der Waals surface area contributed by atoms with Gasteiger partial charge >= 0.3 is 11.9 Å². The summed E-state index contributed by atoms with van der Waals surface area (Å²) in [5.74, 6) is -1.33. The van der Waals surface area contributed by atoms with E-state index in [1.807, 2.05) is 13.0 Å². The molecule has 0 radical (unpaired) electrons. The molecule has 5 heteroatoms. The fourth-order valence-electron chi connectivity index (χ4n) is 4.49. The van der Waals surface area contributed by atoms with Crippen LogP contribution in [0.3, 0.4) is 0 Å². The molecular weight excluding hydrogens is 260 g/mol. The number of cyclic esters (lactones) is 1. The topological polar surface area (TPSA) is 76.1 Å². The first-order valence-corrected chi connectivity index (χ1v) is 6.89. The summed E-state index contributed by atoms with van der Waals surface area (Å²) in [6.45, 7) is 4.59. The Hall–Kier alpha value is -1.62. The van der Waals surface area contributed by atoms with Crippen molar-refractivity contribution in [2.45, 2.75) is 19.4 Å². The maximum absolute atomic E-state index is 12.2. The maximum Gasteiger partial charge on any atom is 0.341 e. The van der Waals surface area contributed by atoms with E-state index in [0.717, 1.165) is 0 Å². The van der Waals surface area contributed by atoms with E-state index < -0.39 is 17.0 Å². The van der Waals surface area contributed by atoms with Gasteiger partial charge in [-0.25, -0.2) is 9.59 Å². The second kappa shape index (κ2) is 3.34. The summed E-state index contributed by atoms with van der Waals surface area (Å²) in [5, 5.41) is 9.44. The number of allylic oxidation sites excluding steroid dienone is 2. The van der Waals surface area contributed by atoms with E-state index in [1.165, 1.54) is 5.57 Å². The van der Waals surface area contributed by atoms with Gasteiger partial charge in [0.1, 0.15) is 0 Å². The Balaban J connectivity index is 1.92. The molecule has 4 aliphatic rings. The van der Waals surface area contributed by atoms with Crippen LogP contribution in [0, 0.1) is 23.2 Å². The number of epoxide rings is 1. The van der Waals surface area contributed by atoms with Crippen molar-refractivity contribution in [1.29, 1.82) is 0 Å². The SMILES string of the molecule is CC1=C[C@]23[C@H](COC(=O)[C@]24CO4)C(C(=O)O)=C[C@@H]3[C@H]1C. The van der Waals surface area contributed by atoms with Gasteiger partial charge in [0, 0.05) is 16.9 Å². The Bertz CT molecular complexity index is 597. The Morgan fingerprint density at radius 1 is 1.50 bits per heavy atom. The van der Waals surface area contributed by atoms with Gasteiger partial charge in [0.05, 0.1) is 13.2 Å². The number of esters is 1. The zero-order chi connectivity index (χ0) is 14.3. The molecule has 2 spiro atoms. The number of hydrogen-bond donors (Lipinski definition) is 1. The van der Waals surface area contributed by atoms with Gasteiger partial charge in [-0.2, -0.15) is 0 Å². The van der Waals surface area contributed by atoms with Gasteiger partial charge in [0.2, 0.25) is 0 Å². The quantitative estimate of drug-likeness (QED) is 0.442. The molecule has 0 bridgehead atoms. The third-order valence-electron chi connectivity index (χ3n) is 5.68. The smallest absolute Gasteiger partial charge is 0.341 e. The van der Waals surface area contributed by atoms with E-state index in [4.69, 9.17) is 9.47 Å². The second-order valence-corrected chi connectivity index (χ2v) is 6.33. The van der Waals surface area contributed by atoms with E-state index in [-0.39, 0.29) is 30.3 Å². The minimum Gasteiger partial charge on any atom is -0.478 e. The lowest BCUT2D eigenvalue weighted by Gasteiger charge is -2.43. The molecule has 20 heavy (non-hydrogen) atoms. The van der Waals surface area contributed by atoms with Crippen LogP contribution >= 0.6 is 0 Å². The summed E-state index contributed by atoms with van der Waals surface area (Å²) in [4.78, 5) is 23.7. The number of rotatable bonds is 1. The van der Waals surface area contributed by atoms with Crippen molar-refractivity contribution in [2.24, 2.45) is 23.2 Å². The van der Waals surface area contributed by atoms with E-state index in [1.54, 1.807) is 0 Å². The van der Waals surface area contributed by atoms with E-state index >= 15 is 0 Å². The van der Waals surface area contributed by atoms with Gasteiger partial charge in [-0.1, -0.05) is 24.6 Å². The molecule has 2 aliphatic heterocycles. The van der Waals surface area contributed by atoms with Crippen molar-refractivity contribution in [1.82, 2.24) is 0 Å².